The predicted octanol–water partition coefficient (Wildman–Crippen LogP) is 0.588. The van der Waals surface area contributed by atoms with Crippen LogP contribution in [0.4, 0.5) is 5.13 Å². The third-order valence-corrected chi connectivity index (χ3v) is 6.29. The van der Waals surface area contributed by atoms with E-state index in [0.717, 1.165) is 16.2 Å². The molecule has 170 valence electrons. The Balaban J connectivity index is 1.81. The Morgan fingerprint density at radius 2 is 2.12 bits per heavy atom. The lowest BCUT2D eigenvalue weighted by molar-refractivity contribution is -0.150. The summed E-state index contributed by atoms with van der Waals surface area (Å²) in [6, 6.07) is -1.07. The zero-order valence-corrected chi connectivity index (χ0v) is 18.8. The van der Waals surface area contributed by atoms with Crippen LogP contribution in [0.25, 0.3) is 0 Å². The van der Waals surface area contributed by atoms with Gasteiger partial charge in [0.15, 0.2) is 10.8 Å². The van der Waals surface area contributed by atoms with Crippen molar-refractivity contribution in [1.29, 1.82) is 0 Å². The molecule has 2 aliphatic heterocycles. The minimum atomic E-state index is -1.35. The molecule has 1 aromatic rings. The Kier molecular flexibility index (Phi) is 7.28. The molecule has 0 radical (unpaired) electrons. The highest BCUT2D eigenvalue weighted by Crippen LogP contribution is 2.41. The van der Waals surface area contributed by atoms with Crippen molar-refractivity contribution >= 4 is 80.9 Å². The summed E-state index contributed by atoms with van der Waals surface area (Å²) >= 11 is 13.5. The second kappa shape index (κ2) is 9.77. The molecule has 0 aliphatic carbocycles. The number of halogens is 2. The zero-order chi connectivity index (χ0) is 23.6. The van der Waals surface area contributed by atoms with E-state index in [-0.39, 0.29) is 32.3 Å². The standard InChI is InChI=1S/C16H13Cl2N5O7S2/c17-7(18)1-5-3-31-14-10(13(27)23(14)11(5)15(28)29)21-12(26)9(22-30-2-8(24)25)6-4-32-16(19)20-6/h1,4,10,14H,2-3H2,(H2,19,20)(H,21,26)(H,24,25)(H,28,29)/t10?,14-/m0/s1. The van der Waals surface area contributed by atoms with E-state index in [0.29, 0.717) is 0 Å². The van der Waals surface area contributed by atoms with Crippen molar-refractivity contribution in [3.8, 4) is 0 Å². The van der Waals surface area contributed by atoms with E-state index in [1.54, 1.807) is 0 Å². The molecule has 16 heteroatoms. The number of hydrogen-bond donors (Lipinski definition) is 4. The Bertz CT molecular complexity index is 1080. The van der Waals surface area contributed by atoms with Crippen molar-refractivity contribution in [3.05, 3.63) is 32.9 Å². The quantitative estimate of drug-likeness (QED) is 0.214. The van der Waals surface area contributed by atoms with Crippen LogP contribution in [0, 0.1) is 0 Å². The molecule has 3 rings (SSSR count). The third-order valence-electron chi connectivity index (χ3n) is 4.09. The average molecular weight is 522 g/mol. The largest absolute Gasteiger partial charge is 0.479 e. The smallest absolute Gasteiger partial charge is 0.352 e. The van der Waals surface area contributed by atoms with E-state index in [2.05, 4.69) is 20.3 Å². The van der Waals surface area contributed by atoms with Gasteiger partial charge in [-0.05, 0) is 11.6 Å². The van der Waals surface area contributed by atoms with E-state index in [4.69, 9.17) is 34.0 Å². The topological polar surface area (TPSA) is 185 Å². The number of amides is 2. The van der Waals surface area contributed by atoms with E-state index in [9.17, 15) is 24.3 Å². The summed E-state index contributed by atoms with van der Waals surface area (Å²) in [5, 5.41) is 25.0. The van der Waals surface area contributed by atoms with Crippen molar-refractivity contribution in [2.24, 2.45) is 5.16 Å². The number of carbonyl (C=O) groups excluding carboxylic acids is 2. The number of rotatable bonds is 8. The fourth-order valence-corrected chi connectivity index (χ4v) is 4.97. The van der Waals surface area contributed by atoms with E-state index in [1.807, 2.05) is 0 Å². The van der Waals surface area contributed by atoms with Gasteiger partial charge < -0.3 is 26.1 Å². The molecule has 0 spiro atoms. The first-order valence-electron chi connectivity index (χ1n) is 8.48. The van der Waals surface area contributed by atoms with Crippen molar-refractivity contribution in [1.82, 2.24) is 15.2 Å². The summed E-state index contributed by atoms with van der Waals surface area (Å²) in [7, 11) is 0. The van der Waals surface area contributed by atoms with Crippen LogP contribution in [0.3, 0.4) is 0 Å². The van der Waals surface area contributed by atoms with Crippen LogP contribution in [-0.4, -0.2) is 73.3 Å². The first-order valence-corrected chi connectivity index (χ1v) is 11.2. The number of thiazole rings is 1. The Morgan fingerprint density at radius 3 is 2.69 bits per heavy atom. The van der Waals surface area contributed by atoms with Crippen LogP contribution in [0.2, 0.25) is 0 Å². The molecule has 1 fully saturated rings. The number of carboxylic acid groups (broad SMARTS) is 2. The van der Waals surface area contributed by atoms with Gasteiger partial charge in [-0.3, -0.25) is 14.5 Å². The monoisotopic (exact) mass is 521 g/mol. The van der Waals surface area contributed by atoms with Crippen molar-refractivity contribution in [3.63, 3.8) is 0 Å². The molecule has 2 atom stereocenters. The number of carbonyl (C=O) groups is 4. The fraction of sp³-hybridized carbons (Fsp3) is 0.250. The number of aliphatic carboxylic acids is 2. The van der Waals surface area contributed by atoms with Gasteiger partial charge in [0.25, 0.3) is 11.8 Å². The van der Waals surface area contributed by atoms with Gasteiger partial charge in [-0.2, -0.15) is 0 Å². The van der Waals surface area contributed by atoms with Gasteiger partial charge in [0.05, 0.1) is 0 Å². The second-order valence-corrected chi connectivity index (χ2v) is 9.15. The molecule has 0 bridgehead atoms. The summed E-state index contributed by atoms with van der Waals surface area (Å²) < 4.78 is -0.166. The highest BCUT2D eigenvalue weighted by molar-refractivity contribution is 8.00. The molecule has 2 aliphatic rings. The van der Waals surface area contributed by atoms with Crippen LogP contribution >= 0.6 is 46.3 Å². The van der Waals surface area contributed by atoms with Crippen LogP contribution in [0.15, 0.2) is 32.4 Å². The SMILES string of the molecule is Nc1nc(C(=NOCC(=O)O)C(=O)NC2C(=O)N3C(C(=O)O)=C(C=C(Cl)Cl)CS[C@@H]23)cs1. The van der Waals surface area contributed by atoms with Crippen molar-refractivity contribution in [2.45, 2.75) is 11.4 Å². The number of carboxylic acids is 2. The molecular formula is C16H13Cl2N5O7S2. The van der Waals surface area contributed by atoms with E-state index < -0.39 is 47.5 Å². The highest BCUT2D eigenvalue weighted by Gasteiger charge is 2.54. The first kappa shape index (κ1) is 23.8. The molecule has 1 unspecified atom stereocenters. The minimum absolute atomic E-state index is 0.0191. The van der Waals surface area contributed by atoms with E-state index in [1.165, 1.54) is 23.2 Å². The lowest BCUT2D eigenvalue weighted by Gasteiger charge is -2.49. The molecule has 1 aromatic heterocycles. The highest BCUT2D eigenvalue weighted by atomic mass is 35.5. The summed E-state index contributed by atoms with van der Waals surface area (Å²) in [5.41, 5.74) is 5.16. The molecule has 5 N–H and O–H groups in total. The van der Waals surface area contributed by atoms with Gasteiger partial charge >= 0.3 is 11.9 Å². The van der Waals surface area contributed by atoms with Crippen LogP contribution in [0.5, 0.6) is 0 Å². The molecule has 3 heterocycles. The van der Waals surface area contributed by atoms with Gasteiger partial charge in [-0.15, -0.1) is 23.1 Å². The number of thioether (sulfide) groups is 1. The Labute approximate surface area is 197 Å². The van der Waals surface area contributed by atoms with Crippen molar-refractivity contribution in [2.75, 3.05) is 18.1 Å². The van der Waals surface area contributed by atoms with E-state index >= 15 is 0 Å². The molecule has 0 saturated carbocycles. The first-order chi connectivity index (χ1) is 15.1. The van der Waals surface area contributed by atoms with Gasteiger partial charge in [-0.1, -0.05) is 28.4 Å². The lowest BCUT2D eigenvalue weighted by Crippen LogP contribution is -2.71. The number of oxime groups is 1. The molecule has 2 amide bonds. The maximum atomic E-state index is 12.8. The van der Waals surface area contributed by atoms with Crippen LogP contribution < -0.4 is 11.1 Å². The summed E-state index contributed by atoms with van der Waals surface area (Å²) in [6.45, 7) is -0.808. The number of anilines is 1. The number of hydrogen-bond acceptors (Lipinski definition) is 10. The number of aromatic nitrogens is 1. The maximum absolute atomic E-state index is 12.8. The lowest BCUT2D eigenvalue weighted by atomic mass is 10.0. The van der Waals surface area contributed by atoms with Crippen molar-refractivity contribution < 1.29 is 34.2 Å². The Hall–Kier alpha value is -2.81. The van der Waals surface area contributed by atoms with Gasteiger partial charge in [0.2, 0.25) is 6.61 Å². The minimum Gasteiger partial charge on any atom is -0.479 e. The normalized spacial score (nSPS) is 20.2. The number of allylic oxidation sites excluding steroid dienone is 1. The molecular weight excluding hydrogens is 509 g/mol. The summed E-state index contributed by atoms with van der Waals surface area (Å²) in [4.78, 5) is 57.4. The van der Waals surface area contributed by atoms with Crippen LogP contribution in [0.1, 0.15) is 5.69 Å². The Morgan fingerprint density at radius 1 is 1.41 bits per heavy atom. The second-order valence-electron chi connectivity index (χ2n) is 6.15. The van der Waals surface area contributed by atoms with Gasteiger partial charge in [0.1, 0.15) is 27.3 Å². The summed E-state index contributed by atoms with van der Waals surface area (Å²) in [5.74, 6) is -4.04. The number of nitrogens with one attached hydrogen (secondary N) is 1. The number of nitrogen functional groups attached to an aromatic ring is 1. The molecule has 32 heavy (non-hydrogen) atoms. The number of β-lactam (4-membered cyclic amide) rings is 1. The maximum Gasteiger partial charge on any atom is 0.352 e. The number of fused-ring (bicyclic) bond motifs is 1. The van der Waals surface area contributed by atoms with Crippen LogP contribution in [-0.2, 0) is 24.0 Å². The molecule has 1 saturated heterocycles. The van der Waals surface area contributed by atoms with Gasteiger partial charge in [0, 0.05) is 11.1 Å². The predicted molar refractivity (Wildman–Crippen MR) is 116 cm³/mol. The average Bonchev–Trinajstić information content (AvgIpc) is 3.13. The summed E-state index contributed by atoms with van der Waals surface area (Å²) in [6.07, 6.45) is 1.24. The number of nitrogens with zero attached hydrogens (tertiary/aromatic N) is 3. The zero-order valence-electron chi connectivity index (χ0n) is 15.7. The third kappa shape index (κ3) is 4.98. The van der Waals surface area contributed by atoms with Gasteiger partial charge in [-0.25, -0.2) is 14.6 Å². The fourth-order valence-electron chi connectivity index (χ4n) is 2.85. The number of nitrogens with two attached hydrogens (primary N) is 1. The molecule has 12 nitrogen and oxygen atoms in total. The molecule has 0 aromatic carbocycles.